The number of piperidine rings is 1. The number of hydrogen-bond acceptors (Lipinski definition) is 6. The molecule has 0 bridgehead atoms. The summed E-state index contributed by atoms with van der Waals surface area (Å²) in [7, 11) is 0. The molecule has 1 fully saturated rings. The lowest BCUT2D eigenvalue weighted by molar-refractivity contribution is -0.120. The minimum atomic E-state index is -0.217. The van der Waals surface area contributed by atoms with Crippen molar-refractivity contribution in [1.82, 2.24) is 16.1 Å². The monoisotopic (exact) mass is 532 g/mol. The zero-order valence-electron chi connectivity index (χ0n) is 24.1. The van der Waals surface area contributed by atoms with Gasteiger partial charge >= 0.3 is 0 Å². The second-order valence-corrected chi connectivity index (χ2v) is 12.6. The molecule has 2 amide bonds. The van der Waals surface area contributed by atoms with Crippen LogP contribution >= 0.6 is 0 Å². The van der Waals surface area contributed by atoms with Gasteiger partial charge in [-0.25, -0.2) is 5.43 Å². The molecule has 2 aliphatic rings. The number of carbonyl (C=O) groups is 2. The summed E-state index contributed by atoms with van der Waals surface area (Å²) in [6, 6.07) is 4.08. The SMILES string of the molecule is Cc1ccc2c(CC(=O)N/N=C3\CCCc4oc(C(=O)NC5CC(C)(C)NC(C)(C)C5)c(C)c43)coc2c1C. The van der Waals surface area contributed by atoms with Crippen LogP contribution in [0.5, 0.6) is 0 Å². The Bertz CT molecular complexity index is 1460. The summed E-state index contributed by atoms with van der Waals surface area (Å²) in [5.41, 5.74) is 8.83. The number of nitrogens with one attached hydrogen (secondary N) is 3. The number of hydrogen-bond donors (Lipinski definition) is 3. The molecular weight excluding hydrogens is 492 g/mol. The van der Waals surface area contributed by atoms with E-state index in [0.717, 1.165) is 75.9 Å². The minimum Gasteiger partial charge on any atom is -0.464 e. The molecule has 3 aromatic rings. The number of rotatable bonds is 5. The summed E-state index contributed by atoms with van der Waals surface area (Å²) in [5.74, 6) is 0.687. The van der Waals surface area contributed by atoms with E-state index in [9.17, 15) is 9.59 Å². The lowest BCUT2D eigenvalue weighted by Crippen LogP contribution is -2.62. The molecule has 0 radical (unpaired) electrons. The highest BCUT2D eigenvalue weighted by Gasteiger charge is 2.39. The highest BCUT2D eigenvalue weighted by atomic mass is 16.4. The normalized spacial score (nSPS) is 19.7. The summed E-state index contributed by atoms with van der Waals surface area (Å²) >= 11 is 0. The van der Waals surface area contributed by atoms with Crippen molar-refractivity contribution >= 4 is 28.5 Å². The van der Waals surface area contributed by atoms with Crippen molar-refractivity contribution in [2.45, 2.75) is 104 Å². The molecule has 2 aromatic heterocycles. The van der Waals surface area contributed by atoms with Gasteiger partial charge in [0.2, 0.25) is 5.91 Å². The van der Waals surface area contributed by atoms with Crippen molar-refractivity contribution < 1.29 is 18.4 Å². The first-order valence-electron chi connectivity index (χ1n) is 13.9. The number of carbonyl (C=O) groups excluding carboxylic acids is 2. The van der Waals surface area contributed by atoms with Crippen LogP contribution in [0.2, 0.25) is 0 Å². The quantitative estimate of drug-likeness (QED) is 0.382. The van der Waals surface area contributed by atoms with Gasteiger partial charge in [-0.15, -0.1) is 0 Å². The lowest BCUT2D eigenvalue weighted by Gasteiger charge is -2.46. The van der Waals surface area contributed by atoms with E-state index in [0.29, 0.717) is 12.2 Å². The maximum absolute atomic E-state index is 13.3. The van der Waals surface area contributed by atoms with E-state index < -0.39 is 0 Å². The van der Waals surface area contributed by atoms with Crippen molar-refractivity contribution in [1.29, 1.82) is 0 Å². The van der Waals surface area contributed by atoms with E-state index in [4.69, 9.17) is 8.83 Å². The van der Waals surface area contributed by atoms with Crippen LogP contribution in [-0.2, 0) is 17.6 Å². The van der Waals surface area contributed by atoms with Gasteiger partial charge in [-0.2, -0.15) is 5.10 Å². The molecule has 0 saturated carbocycles. The van der Waals surface area contributed by atoms with E-state index >= 15 is 0 Å². The first-order valence-corrected chi connectivity index (χ1v) is 13.9. The fraction of sp³-hybridized carbons (Fsp3) is 0.516. The fourth-order valence-corrected chi connectivity index (χ4v) is 6.54. The maximum atomic E-state index is 13.3. The summed E-state index contributed by atoms with van der Waals surface area (Å²) in [6.45, 7) is 14.6. The predicted octanol–water partition coefficient (Wildman–Crippen LogP) is 5.39. The molecule has 0 atom stereocenters. The number of hydrazone groups is 1. The number of amides is 2. The number of benzene rings is 1. The highest BCUT2D eigenvalue weighted by Crippen LogP contribution is 2.32. The fourth-order valence-electron chi connectivity index (χ4n) is 6.54. The van der Waals surface area contributed by atoms with Gasteiger partial charge < -0.3 is 19.5 Å². The highest BCUT2D eigenvalue weighted by molar-refractivity contribution is 6.06. The van der Waals surface area contributed by atoms with Crippen LogP contribution in [0.4, 0.5) is 0 Å². The van der Waals surface area contributed by atoms with Crippen molar-refractivity contribution in [3.8, 4) is 0 Å². The molecule has 8 heteroatoms. The maximum Gasteiger partial charge on any atom is 0.287 e. The van der Waals surface area contributed by atoms with Crippen LogP contribution in [0.3, 0.4) is 0 Å². The van der Waals surface area contributed by atoms with E-state index in [1.54, 1.807) is 6.26 Å². The van der Waals surface area contributed by atoms with Gasteiger partial charge in [0.05, 0.1) is 18.4 Å². The average Bonchev–Trinajstić information content (AvgIpc) is 3.39. The molecule has 3 heterocycles. The molecule has 39 heavy (non-hydrogen) atoms. The second kappa shape index (κ2) is 9.97. The molecule has 1 saturated heterocycles. The van der Waals surface area contributed by atoms with Gasteiger partial charge in [-0.05, 0) is 85.3 Å². The third-order valence-electron chi connectivity index (χ3n) is 8.07. The largest absolute Gasteiger partial charge is 0.464 e. The number of furan rings is 2. The van der Waals surface area contributed by atoms with E-state index in [2.05, 4.69) is 48.9 Å². The zero-order valence-corrected chi connectivity index (χ0v) is 24.1. The Morgan fingerprint density at radius 2 is 1.77 bits per heavy atom. The smallest absolute Gasteiger partial charge is 0.287 e. The Labute approximate surface area is 230 Å². The number of aryl methyl sites for hydroxylation is 3. The topological polar surface area (TPSA) is 109 Å². The Morgan fingerprint density at radius 3 is 2.49 bits per heavy atom. The van der Waals surface area contributed by atoms with Crippen LogP contribution in [0, 0.1) is 20.8 Å². The van der Waals surface area contributed by atoms with Gasteiger partial charge in [0.25, 0.3) is 5.91 Å². The minimum absolute atomic E-state index is 0.0457. The van der Waals surface area contributed by atoms with Crippen molar-refractivity contribution in [3.05, 3.63) is 57.7 Å². The molecule has 1 aromatic carbocycles. The Kier molecular flexibility index (Phi) is 6.95. The first-order chi connectivity index (χ1) is 18.3. The van der Waals surface area contributed by atoms with Gasteiger partial charge in [-0.3, -0.25) is 9.59 Å². The first kappa shape index (κ1) is 27.2. The number of fused-ring (bicyclic) bond motifs is 2. The third kappa shape index (κ3) is 5.53. The molecule has 1 aliphatic heterocycles. The average molecular weight is 533 g/mol. The number of nitrogens with zero attached hydrogens (tertiary/aromatic N) is 1. The van der Waals surface area contributed by atoms with E-state index in [-0.39, 0.29) is 35.4 Å². The van der Waals surface area contributed by atoms with Gasteiger partial charge in [0, 0.05) is 45.6 Å². The Morgan fingerprint density at radius 1 is 1.05 bits per heavy atom. The van der Waals surface area contributed by atoms with Crippen LogP contribution in [-0.4, -0.2) is 34.6 Å². The zero-order chi connectivity index (χ0) is 28.1. The van der Waals surface area contributed by atoms with Crippen LogP contribution in [0.15, 0.2) is 32.3 Å². The molecule has 0 unspecified atom stereocenters. The van der Waals surface area contributed by atoms with E-state index in [1.165, 1.54) is 0 Å². The van der Waals surface area contributed by atoms with Gasteiger partial charge in [-0.1, -0.05) is 12.1 Å². The van der Waals surface area contributed by atoms with E-state index in [1.807, 2.05) is 32.9 Å². The van der Waals surface area contributed by atoms with Crippen molar-refractivity contribution in [3.63, 3.8) is 0 Å². The second-order valence-electron chi connectivity index (χ2n) is 12.6. The standard InChI is InChI=1S/C31H40N4O4/c1-17-11-12-22-20(16-38-27(22)18(17)2)13-25(36)34-33-23-9-8-10-24-26(23)19(3)28(39-24)29(37)32-21-14-30(4,5)35-31(6,7)15-21/h11-12,16,21,35H,8-10,13-15H2,1-7H3,(H,32,37)(H,34,36)/b33-23+. The molecular formula is C31H40N4O4. The Hall–Kier alpha value is -3.39. The predicted molar refractivity (Wildman–Crippen MR) is 152 cm³/mol. The molecule has 5 rings (SSSR count). The molecule has 208 valence electrons. The molecule has 8 nitrogen and oxygen atoms in total. The van der Waals surface area contributed by atoms with Crippen LogP contribution in [0.25, 0.3) is 11.0 Å². The summed E-state index contributed by atoms with van der Waals surface area (Å²) in [5, 5.41) is 12.3. The van der Waals surface area contributed by atoms with Crippen molar-refractivity contribution in [2.75, 3.05) is 0 Å². The van der Waals surface area contributed by atoms with Crippen molar-refractivity contribution in [2.24, 2.45) is 5.10 Å². The summed E-state index contributed by atoms with van der Waals surface area (Å²) in [4.78, 5) is 26.2. The van der Waals surface area contributed by atoms with Crippen LogP contribution < -0.4 is 16.1 Å². The summed E-state index contributed by atoms with van der Waals surface area (Å²) in [6.07, 6.45) is 5.79. The third-order valence-corrected chi connectivity index (χ3v) is 8.07. The molecule has 1 aliphatic carbocycles. The van der Waals surface area contributed by atoms with Gasteiger partial charge in [0.1, 0.15) is 11.3 Å². The van der Waals surface area contributed by atoms with Crippen LogP contribution in [0.1, 0.15) is 97.5 Å². The lowest BCUT2D eigenvalue weighted by atomic mass is 9.79. The summed E-state index contributed by atoms with van der Waals surface area (Å²) < 4.78 is 11.9. The Balaban J connectivity index is 1.30. The van der Waals surface area contributed by atoms with Gasteiger partial charge in [0.15, 0.2) is 5.76 Å². The molecule has 3 N–H and O–H groups in total. The molecule has 0 spiro atoms.